The average Bonchev–Trinajstić information content (AvgIpc) is 3.22. The molecule has 1 aromatic heterocycles. The van der Waals surface area contributed by atoms with Gasteiger partial charge in [0.1, 0.15) is 12.4 Å². The zero-order chi connectivity index (χ0) is 16.1. The Morgan fingerprint density at radius 2 is 2.26 bits per heavy atom. The molecule has 3 rings (SSSR count). The van der Waals surface area contributed by atoms with E-state index in [2.05, 4.69) is 10.6 Å². The molecule has 0 bridgehead atoms. The van der Waals surface area contributed by atoms with Gasteiger partial charge >= 0.3 is 0 Å². The Morgan fingerprint density at radius 1 is 1.35 bits per heavy atom. The summed E-state index contributed by atoms with van der Waals surface area (Å²) in [6.45, 7) is 2.29. The minimum atomic E-state index is -0.393. The third-order valence-electron chi connectivity index (χ3n) is 3.89. The normalized spacial score (nSPS) is 20.4. The van der Waals surface area contributed by atoms with Crippen LogP contribution in [0.5, 0.6) is 5.75 Å². The molecule has 3 N–H and O–H groups in total. The van der Waals surface area contributed by atoms with E-state index in [1.54, 1.807) is 23.5 Å². The number of thiophene rings is 1. The maximum absolute atomic E-state index is 12.2. The number of rotatable bonds is 6. The Bertz CT molecular complexity index is 645. The van der Waals surface area contributed by atoms with E-state index >= 15 is 0 Å². The molecule has 2 atom stereocenters. The Hall–Kier alpha value is -1.89. The summed E-state index contributed by atoms with van der Waals surface area (Å²) in [6.07, 6.45) is -0.393. The highest BCUT2D eigenvalue weighted by atomic mass is 32.1. The van der Waals surface area contributed by atoms with Crippen LogP contribution < -0.4 is 15.4 Å². The predicted octanol–water partition coefficient (Wildman–Crippen LogP) is 1.64. The zero-order valence-electron chi connectivity index (χ0n) is 12.7. The molecule has 1 fully saturated rings. The van der Waals surface area contributed by atoms with Crippen LogP contribution in [0, 0.1) is 5.92 Å². The van der Waals surface area contributed by atoms with E-state index in [4.69, 9.17) is 4.74 Å². The number of aliphatic hydroxyl groups is 1. The molecular formula is C17H20N2O3S. The topological polar surface area (TPSA) is 70.6 Å². The first-order valence-corrected chi connectivity index (χ1v) is 8.52. The van der Waals surface area contributed by atoms with Crippen molar-refractivity contribution in [2.45, 2.75) is 12.7 Å². The third-order valence-corrected chi connectivity index (χ3v) is 4.74. The van der Waals surface area contributed by atoms with Crippen molar-refractivity contribution in [3.05, 3.63) is 52.2 Å². The van der Waals surface area contributed by atoms with E-state index in [0.29, 0.717) is 31.0 Å². The zero-order valence-corrected chi connectivity index (χ0v) is 13.5. The van der Waals surface area contributed by atoms with E-state index in [1.807, 2.05) is 29.6 Å². The molecular weight excluding hydrogens is 312 g/mol. The Labute approximate surface area is 139 Å². The molecule has 122 valence electrons. The van der Waals surface area contributed by atoms with Gasteiger partial charge in [-0.25, -0.2) is 0 Å². The predicted molar refractivity (Wildman–Crippen MR) is 89.8 cm³/mol. The first-order chi connectivity index (χ1) is 11.2. The summed E-state index contributed by atoms with van der Waals surface area (Å²) in [5.74, 6) is 0.594. The molecule has 0 radical (unpaired) electrons. The summed E-state index contributed by atoms with van der Waals surface area (Å²) < 4.78 is 5.72. The van der Waals surface area contributed by atoms with Crippen molar-refractivity contribution in [2.24, 2.45) is 5.92 Å². The van der Waals surface area contributed by atoms with Gasteiger partial charge in [0, 0.05) is 36.0 Å². The molecule has 1 aliphatic rings. The lowest BCUT2D eigenvalue weighted by Crippen LogP contribution is -2.34. The molecule has 2 heterocycles. The maximum Gasteiger partial charge on any atom is 0.251 e. The second kappa shape index (κ2) is 7.59. The quantitative estimate of drug-likeness (QED) is 0.752. The molecule has 23 heavy (non-hydrogen) atoms. The van der Waals surface area contributed by atoms with Gasteiger partial charge in [-0.15, -0.1) is 11.3 Å². The second-order valence-corrected chi connectivity index (χ2v) is 6.62. The van der Waals surface area contributed by atoms with Crippen molar-refractivity contribution in [2.75, 3.05) is 19.6 Å². The number of carbonyl (C=O) groups is 1. The van der Waals surface area contributed by atoms with Gasteiger partial charge in [0.05, 0.1) is 6.10 Å². The summed E-state index contributed by atoms with van der Waals surface area (Å²) in [5.41, 5.74) is 0.564. The monoisotopic (exact) mass is 332 g/mol. The number of ether oxygens (including phenoxy) is 1. The van der Waals surface area contributed by atoms with Crippen LogP contribution in [0.25, 0.3) is 0 Å². The highest BCUT2D eigenvalue weighted by Gasteiger charge is 2.25. The summed E-state index contributed by atoms with van der Waals surface area (Å²) in [7, 11) is 0. The summed E-state index contributed by atoms with van der Waals surface area (Å²) in [6, 6.07) is 11.2. The Kier molecular flexibility index (Phi) is 5.27. The molecule has 2 unspecified atom stereocenters. The highest BCUT2D eigenvalue weighted by molar-refractivity contribution is 7.09. The van der Waals surface area contributed by atoms with Crippen LogP contribution in [-0.2, 0) is 6.61 Å². The summed E-state index contributed by atoms with van der Waals surface area (Å²) in [5, 5.41) is 17.7. The molecule has 6 heteroatoms. The first kappa shape index (κ1) is 16.0. The Morgan fingerprint density at radius 3 is 3.00 bits per heavy atom. The fraction of sp³-hybridized carbons (Fsp3) is 0.353. The van der Waals surface area contributed by atoms with Gasteiger partial charge in [0.15, 0.2) is 0 Å². The van der Waals surface area contributed by atoms with Crippen LogP contribution in [0.4, 0.5) is 0 Å². The smallest absolute Gasteiger partial charge is 0.251 e. The van der Waals surface area contributed by atoms with Crippen molar-refractivity contribution in [1.82, 2.24) is 10.6 Å². The largest absolute Gasteiger partial charge is 0.488 e. The highest BCUT2D eigenvalue weighted by Crippen LogP contribution is 2.17. The standard InChI is InChI=1S/C17H20N2O3S/c20-16-10-18-8-13(16)9-19-17(21)12-3-1-4-14(7-12)22-11-15-5-2-6-23-15/h1-7,13,16,18,20H,8-11H2,(H,19,21). The SMILES string of the molecule is O=C(NCC1CNCC1O)c1cccc(OCc2cccs2)c1. The maximum atomic E-state index is 12.2. The minimum absolute atomic E-state index is 0.0669. The van der Waals surface area contributed by atoms with Gasteiger partial charge in [-0.3, -0.25) is 4.79 Å². The fourth-order valence-electron chi connectivity index (χ4n) is 2.53. The van der Waals surface area contributed by atoms with Crippen molar-refractivity contribution in [1.29, 1.82) is 0 Å². The second-order valence-electron chi connectivity index (χ2n) is 5.59. The van der Waals surface area contributed by atoms with E-state index in [9.17, 15) is 9.90 Å². The number of aliphatic hydroxyl groups excluding tert-OH is 1. The Balaban J connectivity index is 1.54. The summed E-state index contributed by atoms with van der Waals surface area (Å²) in [4.78, 5) is 13.4. The van der Waals surface area contributed by atoms with E-state index in [1.165, 1.54) is 0 Å². The molecule has 5 nitrogen and oxygen atoms in total. The molecule has 1 saturated heterocycles. The summed E-state index contributed by atoms with van der Waals surface area (Å²) >= 11 is 1.64. The van der Waals surface area contributed by atoms with Gasteiger partial charge in [-0.1, -0.05) is 12.1 Å². The molecule has 1 amide bonds. The number of benzene rings is 1. The van der Waals surface area contributed by atoms with E-state index in [-0.39, 0.29) is 11.8 Å². The number of hydrogen-bond donors (Lipinski definition) is 3. The van der Waals surface area contributed by atoms with Crippen LogP contribution >= 0.6 is 11.3 Å². The molecule has 1 aromatic carbocycles. The van der Waals surface area contributed by atoms with E-state index < -0.39 is 6.10 Å². The van der Waals surface area contributed by atoms with Crippen molar-refractivity contribution in [3.63, 3.8) is 0 Å². The van der Waals surface area contributed by atoms with E-state index in [0.717, 1.165) is 11.4 Å². The molecule has 0 spiro atoms. The fourth-order valence-corrected chi connectivity index (χ4v) is 3.15. The van der Waals surface area contributed by atoms with Crippen LogP contribution in [0.15, 0.2) is 41.8 Å². The van der Waals surface area contributed by atoms with Gasteiger partial charge in [-0.05, 0) is 29.6 Å². The third kappa shape index (κ3) is 4.31. The van der Waals surface area contributed by atoms with Crippen molar-refractivity contribution in [3.8, 4) is 5.75 Å². The van der Waals surface area contributed by atoms with Crippen LogP contribution in [0.1, 0.15) is 15.2 Å². The van der Waals surface area contributed by atoms with Crippen molar-refractivity contribution < 1.29 is 14.6 Å². The minimum Gasteiger partial charge on any atom is -0.488 e. The van der Waals surface area contributed by atoms with Gasteiger partial charge in [-0.2, -0.15) is 0 Å². The number of hydrogen-bond acceptors (Lipinski definition) is 5. The number of carbonyl (C=O) groups excluding carboxylic acids is 1. The molecule has 0 aliphatic carbocycles. The van der Waals surface area contributed by atoms with Crippen LogP contribution in [0.2, 0.25) is 0 Å². The van der Waals surface area contributed by atoms with Gasteiger partial charge in [0.25, 0.3) is 5.91 Å². The molecule has 1 aliphatic heterocycles. The lowest BCUT2D eigenvalue weighted by Gasteiger charge is -2.14. The molecule has 2 aromatic rings. The van der Waals surface area contributed by atoms with Gasteiger partial charge < -0.3 is 20.5 Å². The first-order valence-electron chi connectivity index (χ1n) is 7.64. The molecule has 0 saturated carbocycles. The number of β-amino-alcohol motifs (C(OH)–C–C–N with tert-alkyl or cyclic N) is 1. The van der Waals surface area contributed by atoms with Crippen LogP contribution in [0.3, 0.4) is 0 Å². The van der Waals surface area contributed by atoms with Crippen LogP contribution in [-0.4, -0.2) is 36.8 Å². The number of nitrogens with one attached hydrogen (secondary N) is 2. The lowest BCUT2D eigenvalue weighted by atomic mass is 10.1. The number of amides is 1. The lowest BCUT2D eigenvalue weighted by molar-refractivity contribution is 0.0926. The average molecular weight is 332 g/mol. The van der Waals surface area contributed by atoms with Crippen molar-refractivity contribution >= 4 is 17.2 Å². The van der Waals surface area contributed by atoms with Gasteiger partial charge in [0.2, 0.25) is 0 Å².